The number of fused-ring (bicyclic) bond motifs is 1. The Morgan fingerprint density at radius 2 is 2.07 bits per heavy atom. The molecule has 1 unspecified atom stereocenters. The van der Waals surface area contributed by atoms with E-state index in [1.54, 1.807) is 0 Å². The molecule has 1 aliphatic heterocycles. The van der Waals surface area contributed by atoms with E-state index in [9.17, 15) is 18.0 Å². The standard InChI is InChI=1S/C19H22F3N3O2/c1-24(12-18(26)27)14-3-2-9-25(10-7-14)17-6-8-23-16-11-13(19(20,21)22)4-5-15(16)17/h4-6,8,11,14H,2-3,7,9-10,12H2,1H3,(H,26,27). The molecule has 0 bridgehead atoms. The van der Waals surface area contributed by atoms with Crippen molar-refractivity contribution in [3.63, 3.8) is 0 Å². The second-order valence-corrected chi connectivity index (χ2v) is 6.94. The first kappa shape index (κ1) is 19.4. The van der Waals surface area contributed by atoms with E-state index in [0.717, 1.165) is 50.2 Å². The Morgan fingerprint density at radius 1 is 1.30 bits per heavy atom. The molecule has 1 aliphatic rings. The summed E-state index contributed by atoms with van der Waals surface area (Å²) in [5, 5.41) is 9.67. The molecule has 1 atom stereocenters. The van der Waals surface area contributed by atoms with Gasteiger partial charge in [-0.1, -0.05) is 6.07 Å². The lowest BCUT2D eigenvalue weighted by Crippen LogP contribution is -2.36. The van der Waals surface area contributed by atoms with Crippen LogP contribution in [0.4, 0.5) is 18.9 Å². The molecule has 0 radical (unpaired) electrons. The Bertz CT molecular complexity index is 825. The number of hydrogen-bond acceptors (Lipinski definition) is 4. The summed E-state index contributed by atoms with van der Waals surface area (Å²) >= 11 is 0. The molecular weight excluding hydrogens is 359 g/mol. The average molecular weight is 381 g/mol. The van der Waals surface area contributed by atoms with E-state index in [1.807, 2.05) is 18.0 Å². The maximum Gasteiger partial charge on any atom is 0.416 e. The molecule has 2 aromatic rings. The van der Waals surface area contributed by atoms with Gasteiger partial charge >= 0.3 is 12.1 Å². The molecule has 0 saturated carbocycles. The van der Waals surface area contributed by atoms with Gasteiger partial charge in [0.2, 0.25) is 0 Å². The third-order valence-electron chi connectivity index (χ3n) is 5.09. The second kappa shape index (κ2) is 7.72. The average Bonchev–Trinajstić information content (AvgIpc) is 2.85. The highest BCUT2D eigenvalue weighted by Gasteiger charge is 2.31. The van der Waals surface area contributed by atoms with E-state index in [0.29, 0.717) is 10.9 Å². The number of hydrogen-bond donors (Lipinski definition) is 1. The lowest BCUT2D eigenvalue weighted by atomic mass is 10.1. The smallest absolute Gasteiger partial charge is 0.416 e. The lowest BCUT2D eigenvalue weighted by Gasteiger charge is -2.27. The molecule has 0 amide bonds. The molecule has 5 nitrogen and oxygen atoms in total. The van der Waals surface area contributed by atoms with Crippen molar-refractivity contribution in [3.05, 3.63) is 36.0 Å². The summed E-state index contributed by atoms with van der Waals surface area (Å²) < 4.78 is 38.8. The van der Waals surface area contributed by atoms with Gasteiger partial charge in [0.1, 0.15) is 0 Å². The van der Waals surface area contributed by atoms with Crippen molar-refractivity contribution in [1.82, 2.24) is 9.88 Å². The van der Waals surface area contributed by atoms with Crippen LogP contribution < -0.4 is 4.90 Å². The number of carboxylic acids is 1. The number of anilines is 1. The molecule has 1 saturated heterocycles. The van der Waals surface area contributed by atoms with Gasteiger partial charge in [-0.2, -0.15) is 13.2 Å². The maximum absolute atomic E-state index is 12.9. The zero-order chi connectivity index (χ0) is 19.6. The van der Waals surface area contributed by atoms with Crippen LogP contribution in [0.15, 0.2) is 30.5 Å². The van der Waals surface area contributed by atoms with Crippen molar-refractivity contribution < 1.29 is 23.1 Å². The van der Waals surface area contributed by atoms with Gasteiger partial charge in [-0.25, -0.2) is 0 Å². The van der Waals surface area contributed by atoms with E-state index in [2.05, 4.69) is 9.88 Å². The van der Waals surface area contributed by atoms with E-state index in [4.69, 9.17) is 5.11 Å². The minimum Gasteiger partial charge on any atom is -0.480 e. The highest BCUT2D eigenvalue weighted by atomic mass is 19.4. The normalized spacial score (nSPS) is 18.7. The van der Waals surface area contributed by atoms with Crippen molar-refractivity contribution in [1.29, 1.82) is 0 Å². The highest BCUT2D eigenvalue weighted by Crippen LogP contribution is 2.34. The fraction of sp³-hybridized carbons (Fsp3) is 0.474. The number of nitrogens with zero attached hydrogens (tertiary/aromatic N) is 3. The molecule has 8 heteroatoms. The number of rotatable bonds is 4. The molecular formula is C19H22F3N3O2. The zero-order valence-electron chi connectivity index (χ0n) is 15.0. The number of aromatic nitrogens is 1. The van der Waals surface area contributed by atoms with E-state index >= 15 is 0 Å². The topological polar surface area (TPSA) is 56.7 Å². The minimum absolute atomic E-state index is 0.00305. The number of benzene rings is 1. The van der Waals surface area contributed by atoms with Gasteiger partial charge in [-0.05, 0) is 44.5 Å². The summed E-state index contributed by atoms with van der Waals surface area (Å²) in [6.07, 6.45) is -0.276. The van der Waals surface area contributed by atoms with Gasteiger partial charge in [0.25, 0.3) is 0 Å². The van der Waals surface area contributed by atoms with Crippen molar-refractivity contribution in [3.8, 4) is 0 Å². The number of carboxylic acid groups (broad SMARTS) is 1. The molecule has 146 valence electrons. The quantitative estimate of drug-likeness (QED) is 0.877. The largest absolute Gasteiger partial charge is 0.480 e. The van der Waals surface area contributed by atoms with Crippen LogP contribution in [-0.4, -0.2) is 53.7 Å². The Labute approximate surface area is 155 Å². The van der Waals surface area contributed by atoms with Crippen molar-refractivity contribution in [2.75, 3.05) is 31.6 Å². The van der Waals surface area contributed by atoms with Gasteiger partial charge in [0.05, 0.1) is 17.6 Å². The van der Waals surface area contributed by atoms with Crippen molar-refractivity contribution >= 4 is 22.6 Å². The fourth-order valence-corrected chi connectivity index (χ4v) is 3.69. The van der Waals surface area contributed by atoms with Gasteiger partial charge in [-0.3, -0.25) is 14.7 Å². The number of carbonyl (C=O) groups is 1. The number of aliphatic carboxylic acids is 1. The van der Waals surface area contributed by atoms with Crippen LogP contribution in [0.2, 0.25) is 0 Å². The molecule has 0 aliphatic carbocycles. The minimum atomic E-state index is -4.39. The summed E-state index contributed by atoms with van der Waals surface area (Å²) in [4.78, 5) is 19.1. The van der Waals surface area contributed by atoms with Crippen molar-refractivity contribution in [2.45, 2.75) is 31.5 Å². The third-order valence-corrected chi connectivity index (χ3v) is 5.09. The Kier molecular flexibility index (Phi) is 5.55. The van der Waals surface area contributed by atoms with Crippen LogP contribution in [-0.2, 0) is 11.0 Å². The first-order chi connectivity index (χ1) is 12.8. The monoisotopic (exact) mass is 381 g/mol. The predicted molar refractivity (Wildman–Crippen MR) is 96.9 cm³/mol. The Balaban J connectivity index is 1.82. The maximum atomic E-state index is 12.9. The first-order valence-electron chi connectivity index (χ1n) is 8.88. The summed E-state index contributed by atoms with van der Waals surface area (Å²) in [5.41, 5.74) is 0.493. The number of halogens is 3. The molecule has 1 fully saturated rings. The molecule has 1 aromatic carbocycles. The van der Waals surface area contributed by atoms with Crippen LogP contribution in [0.5, 0.6) is 0 Å². The summed E-state index contributed by atoms with van der Waals surface area (Å²) in [6, 6.07) is 5.67. The molecule has 2 heterocycles. The summed E-state index contributed by atoms with van der Waals surface area (Å²) in [7, 11) is 1.81. The van der Waals surface area contributed by atoms with E-state index < -0.39 is 17.7 Å². The van der Waals surface area contributed by atoms with Crippen LogP contribution in [0, 0.1) is 0 Å². The molecule has 1 aromatic heterocycles. The Hall–Kier alpha value is -2.35. The van der Waals surface area contributed by atoms with Gasteiger partial charge < -0.3 is 10.0 Å². The van der Waals surface area contributed by atoms with Crippen LogP contribution >= 0.6 is 0 Å². The molecule has 27 heavy (non-hydrogen) atoms. The number of likely N-dealkylation sites (N-methyl/N-ethyl adjacent to an activating group) is 1. The van der Waals surface area contributed by atoms with E-state index in [-0.39, 0.29) is 12.6 Å². The lowest BCUT2D eigenvalue weighted by molar-refractivity contribution is -0.139. The SMILES string of the molecule is CN(CC(=O)O)C1CCCN(c2ccnc3cc(C(F)(F)F)ccc23)CC1. The molecule has 3 rings (SSSR count). The van der Waals surface area contributed by atoms with Gasteiger partial charge in [-0.15, -0.1) is 0 Å². The number of alkyl halides is 3. The second-order valence-electron chi connectivity index (χ2n) is 6.94. The predicted octanol–water partition coefficient (Wildman–Crippen LogP) is 3.63. The highest BCUT2D eigenvalue weighted by molar-refractivity contribution is 5.92. The van der Waals surface area contributed by atoms with Crippen LogP contribution in [0.1, 0.15) is 24.8 Å². The Morgan fingerprint density at radius 3 is 2.78 bits per heavy atom. The van der Waals surface area contributed by atoms with Crippen LogP contribution in [0.3, 0.4) is 0 Å². The first-order valence-corrected chi connectivity index (χ1v) is 8.88. The summed E-state index contributed by atoms with van der Waals surface area (Å²) in [5.74, 6) is -0.848. The molecule has 0 spiro atoms. The third kappa shape index (κ3) is 4.50. The van der Waals surface area contributed by atoms with E-state index in [1.165, 1.54) is 12.3 Å². The fourth-order valence-electron chi connectivity index (χ4n) is 3.69. The van der Waals surface area contributed by atoms with Crippen molar-refractivity contribution in [2.24, 2.45) is 0 Å². The van der Waals surface area contributed by atoms with Gasteiger partial charge in [0, 0.05) is 36.4 Å². The zero-order valence-corrected chi connectivity index (χ0v) is 15.0. The van der Waals surface area contributed by atoms with Crippen LogP contribution in [0.25, 0.3) is 10.9 Å². The molecule has 1 N–H and O–H groups in total. The summed E-state index contributed by atoms with van der Waals surface area (Å²) in [6.45, 7) is 1.50. The number of pyridine rings is 1. The van der Waals surface area contributed by atoms with Gasteiger partial charge in [0.15, 0.2) is 0 Å².